The monoisotopic (exact) mass is 340 g/mol. The van der Waals surface area contributed by atoms with Crippen LogP contribution in [0.3, 0.4) is 0 Å². The lowest BCUT2D eigenvalue weighted by atomic mass is 10.1. The van der Waals surface area contributed by atoms with E-state index in [0.717, 1.165) is 12.8 Å². The average Bonchev–Trinajstić information content (AvgIpc) is 2.57. The predicted octanol–water partition coefficient (Wildman–Crippen LogP) is 5.95. The lowest BCUT2D eigenvalue weighted by Crippen LogP contribution is -2.19. The van der Waals surface area contributed by atoms with E-state index in [9.17, 15) is 4.79 Å². The van der Waals surface area contributed by atoms with Gasteiger partial charge in [0, 0.05) is 0 Å². The molecule has 0 aliphatic heterocycles. The second-order valence-corrected chi connectivity index (χ2v) is 6.78. The Morgan fingerprint density at radius 3 is 1.79 bits per heavy atom. The number of carbonyl (C=O) groups excluding carboxylic acids is 1. The van der Waals surface area contributed by atoms with Gasteiger partial charge in [-0.15, -0.1) is 0 Å². The van der Waals surface area contributed by atoms with Crippen molar-refractivity contribution in [2.45, 2.75) is 110 Å². The summed E-state index contributed by atoms with van der Waals surface area (Å²) < 4.78 is 4.92. The van der Waals surface area contributed by atoms with Gasteiger partial charge < -0.3 is 9.84 Å². The summed E-state index contributed by atoms with van der Waals surface area (Å²) >= 11 is 0. The van der Waals surface area contributed by atoms with E-state index in [0.29, 0.717) is 6.61 Å². The Morgan fingerprint density at radius 2 is 1.29 bits per heavy atom. The molecule has 0 fully saturated rings. The number of esters is 1. The normalized spacial score (nSPS) is 12.6. The molecule has 1 N–H and O–H groups in total. The zero-order valence-corrected chi connectivity index (χ0v) is 16.1. The predicted molar refractivity (Wildman–Crippen MR) is 102 cm³/mol. The van der Waals surface area contributed by atoms with Crippen molar-refractivity contribution in [1.29, 1.82) is 0 Å². The molecular formula is C21H40O3. The van der Waals surface area contributed by atoms with Gasteiger partial charge in [0.2, 0.25) is 0 Å². The number of aliphatic hydroxyl groups excluding tert-OH is 1. The molecule has 0 bridgehead atoms. The van der Waals surface area contributed by atoms with E-state index >= 15 is 0 Å². The van der Waals surface area contributed by atoms with Gasteiger partial charge >= 0.3 is 5.97 Å². The maximum atomic E-state index is 11.0. The lowest BCUT2D eigenvalue weighted by Gasteiger charge is -2.06. The molecule has 1 unspecified atom stereocenters. The molecule has 0 aromatic rings. The second kappa shape index (κ2) is 18.5. The quantitative estimate of drug-likeness (QED) is 0.202. The number of hydrogen-bond acceptors (Lipinski definition) is 3. The highest BCUT2D eigenvalue weighted by molar-refractivity contribution is 5.73. The van der Waals surface area contributed by atoms with Crippen molar-refractivity contribution in [1.82, 2.24) is 0 Å². The standard InChI is InChI=1S/C21H40O3/c1-3-4-5-6-7-8-9-10-11-12-13-14-15-16-17-18-19-24-21(23)20(2)22/h10-11,20,22H,3-9,12-19H2,1-2H3/b11-10-. The summed E-state index contributed by atoms with van der Waals surface area (Å²) in [6.45, 7) is 4.13. The van der Waals surface area contributed by atoms with Gasteiger partial charge in [-0.3, -0.25) is 0 Å². The van der Waals surface area contributed by atoms with Crippen molar-refractivity contribution in [3.63, 3.8) is 0 Å². The Bertz CT molecular complexity index is 297. The van der Waals surface area contributed by atoms with Crippen molar-refractivity contribution in [2.75, 3.05) is 6.61 Å². The van der Waals surface area contributed by atoms with Gasteiger partial charge in [-0.05, 0) is 39.0 Å². The first-order chi connectivity index (χ1) is 11.7. The molecule has 24 heavy (non-hydrogen) atoms. The molecular weight excluding hydrogens is 300 g/mol. The van der Waals surface area contributed by atoms with Gasteiger partial charge in [0.15, 0.2) is 0 Å². The minimum absolute atomic E-state index is 0.435. The number of unbranched alkanes of at least 4 members (excludes halogenated alkanes) is 12. The zero-order chi connectivity index (χ0) is 17.9. The summed E-state index contributed by atoms with van der Waals surface area (Å²) in [6.07, 6.45) is 21.5. The maximum Gasteiger partial charge on any atom is 0.334 e. The first kappa shape index (κ1) is 23.2. The molecule has 1 atom stereocenters. The van der Waals surface area contributed by atoms with Crippen LogP contribution >= 0.6 is 0 Å². The second-order valence-electron chi connectivity index (χ2n) is 6.78. The van der Waals surface area contributed by atoms with Crippen molar-refractivity contribution in [3.8, 4) is 0 Å². The summed E-state index contributed by atoms with van der Waals surface area (Å²) in [6, 6.07) is 0. The number of hydrogen-bond donors (Lipinski definition) is 1. The first-order valence-electron chi connectivity index (χ1n) is 10.2. The summed E-state index contributed by atoms with van der Waals surface area (Å²) in [5, 5.41) is 8.98. The van der Waals surface area contributed by atoms with E-state index < -0.39 is 12.1 Å². The van der Waals surface area contributed by atoms with Gasteiger partial charge in [0.25, 0.3) is 0 Å². The highest BCUT2D eigenvalue weighted by atomic mass is 16.5. The van der Waals surface area contributed by atoms with Crippen molar-refractivity contribution in [3.05, 3.63) is 12.2 Å². The summed E-state index contributed by atoms with van der Waals surface area (Å²) in [5.41, 5.74) is 0. The van der Waals surface area contributed by atoms with Crippen molar-refractivity contribution < 1.29 is 14.6 Å². The summed E-state index contributed by atoms with van der Waals surface area (Å²) in [7, 11) is 0. The van der Waals surface area contributed by atoms with Gasteiger partial charge in [0.1, 0.15) is 6.10 Å². The van der Waals surface area contributed by atoms with Gasteiger partial charge in [-0.1, -0.05) is 76.9 Å². The molecule has 0 aromatic carbocycles. The lowest BCUT2D eigenvalue weighted by molar-refractivity contribution is -0.152. The Kier molecular flexibility index (Phi) is 17.9. The van der Waals surface area contributed by atoms with Crippen molar-refractivity contribution in [2.24, 2.45) is 0 Å². The van der Waals surface area contributed by atoms with Crippen LogP contribution in [0.5, 0.6) is 0 Å². The summed E-state index contributed by atoms with van der Waals surface area (Å²) in [5.74, 6) is -0.511. The van der Waals surface area contributed by atoms with E-state index in [2.05, 4.69) is 19.1 Å². The number of rotatable bonds is 17. The number of aliphatic hydroxyl groups is 1. The highest BCUT2D eigenvalue weighted by Gasteiger charge is 2.08. The van der Waals surface area contributed by atoms with Gasteiger partial charge in [0.05, 0.1) is 6.61 Å². The molecule has 0 aliphatic carbocycles. The molecule has 0 aromatic heterocycles. The third-order valence-corrected chi connectivity index (χ3v) is 4.24. The van der Waals surface area contributed by atoms with E-state index in [1.165, 1.54) is 84.0 Å². The fraction of sp³-hybridized carbons (Fsp3) is 0.857. The van der Waals surface area contributed by atoms with Crippen LogP contribution in [0, 0.1) is 0 Å². The van der Waals surface area contributed by atoms with Crippen LogP contribution in [0.4, 0.5) is 0 Å². The molecule has 3 heteroatoms. The van der Waals surface area contributed by atoms with Crippen LogP contribution < -0.4 is 0 Å². The third kappa shape index (κ3) is 17.5. The van der Waals surface area contributed by atoms with Gasteiger partial charge in [-0.2, -0.15) is 0 Å². The molecule has 0 aliphatic rings. The van der Waals surface area contributed by atoms with E-state index in [1.54, 1.807) is 0 Å². The Morgan fingerprint density at radius 1 is 0.833 bits per heavy atom. The average molecular weight is 341 g/mol. The fourth-order valence-corrected chi connectivity index (χ4v) is 2.64. The van der Waals surface area contributed by atoms with Crippen LogP contribution in [0.15, 0.2) is 12.2 Å². The van der Waals surface area contributed by atoms with Crippen LogP contribution in [0.25, 0.3) is 0 Å². The molecule has 0 heterocycles. The van der Waals surface area contributed by atoms with E-state index in [1.807, 2.05) is 0 Å². The van der Waals surface area contributed by atoms with Crippen LogP contribution in [0.2, 0.25) is 0 Å². The number of allylic oxidation sites excluding steroid dienone is 2. The fourth-order valence-electron chi connectivity index (χ4n) is 2.64. The molecule has 0 rings (SSSR count). The third-order valence-electron chi connectivity index (χ3n) is 4.24. The molecule has 0 saturated heterocycles. The van der Waals surface area contributed by atoms with Gasteiger partial charge in [-0.25, -0.2) is 4.79 Å². The Labute approximate surface area is 149 Å². The zero-order valence-electron chi connectivity index (χ0n) is 16.1. The van der Waals surface area contributed by atoms with Crippen molar-refractivity contribution >= 4 is 5.97 Å². The van der Waals surface area contributed by atoms with E-state index in [4.69, 9.17) is 9.84 Å². The van der Waals surface area contributed by atoms with Crippen LogP contribution in [-0.2, 0) is 9.53 Å². The SMILES string of the molecule is CCCCCCCC/C=C\CCCCCCCCOC(=O)C(C)O. The Balaban J connectivity index is 3.14. The largest absolute Gasteiger partial charge is 0.464 e. The molecule has 0 saturated carbocycles. The molecule has 0 amide bonds. The number of carbonyl (C=O) groups is 1. The molecule has 0 spiro atoms. The smallest absolute Gasteiger partial charge is 0.334 e. The van der Waals surface area contributed by atoms with E-state index in [-0.39, 0.29) is 0 Å². The molecule has 0 radical (unpaired) electrons. The minimum Gasteiger partial charge on any atom is -0.464 e. The number of ether oxygens (including phenoxy) is 1. The first-order valence-corrected chi connectivity index (χ1v) is 10.2. The highest BCUT2D eigenvalue weighted by Crippen LogP contribution is 2.10. The summed E-state index contributed by atoms with van der Waals surface area (Å²) in [4.78, 5) is 11.0. The molecule has 142 valence electrons. The van der Waals surface area contributed by atoms with Crippen LogP contribution in [0.1, 0.15) is 104 Å². The molecule has 3 nitrogen and oxygen atoms in total. The maximum absolute atomic E-state index is 11.0. The van der Waals surface area contributed by atoms with Crippen LogP contribution in [-0.4, -0.2) is 23.8 Å². The minimum atomic E-state index is -1.00. The topological polar surface area (TPSA) is 46.5 Å². The Hall–Kier alpha value is -0.830.